The lowest BCUT2D eigenvalue weighted by Gasteiger charge is -2.19. The second-order valence-electron chi connectivity index (χ2n) is 6.60. The minimum Gasteiger partial charge on any atom is -0.465 e. The Morgan fingerprint density at radius 3 is 2.20 bits per heavy atom. The van der Waals surface area contributed by atoms with Gasteiger partial charge in [0.1, 0.15) is 0 Å². The van der Waals surface area contributed by atoms with Crippen molar-refractivity contribution in [3.05, 3.63) is 53.7 Å². The second kappa shape index (κ2) is 8.69. The van der Waals surface area contributed by atoms with Crippen LogP contribution in [0.1, 0.15) is 25.0 Å². The molecule has 0 bridgehead atoms. The summed E-state index contributed by atoms with van der Waals surface area (Å²) in [6.45, 7) is 3.07. The van der Waals surface area contributed by atoms with Gasteiger partial charge in [0, 0.05) is 17.0 Å². The fourth-order valence-corrected chi connectivity index (χ4v) is 3.43. The van der Waals surface area contributed by atoms with Crippen LogP contribution in [0, 0.1) is 5.92 Å². The molecule has 3 aromatic rings. The summed E-state index contributed by atoms with van der Waals surface area (Å²) in [5.41, 5.74) is -0.985. The molecule has 0 spiro atoms. The highest BCUT2D eigenvalue weighted by Gasteiger charge is 2.39. The number of aromatic nitrogens is 1. The lowest BCUT2D eigenvalue weighted by Crippen LogP contribution is -2.31. The van der Waals surface area contributed by atoms with Gasteiger partial charge in [0.25, 0.3) is 0 Å². The summed E-state index contributed by atoms with van der Waals surface area (Å²) in [5, 5.41) is 1.25. The molecule has 8 heteroatoms. The van der Waals surface area contributed by atoms with E-state index in [2.05, 4.69) is 4.98 Å². The smallest absolute Gasteiger partial charge is 0.417 e. The minimum absolute atomic E-state index is 0.0111. The lowest BCUT2D eigenvalue weighted by atomic mass is 9.93. The van der Waals surface area contributed by atoms with E-state index < -0.39 is 36.0 Å². The van der Waals surface area contributed by atoms with E-state index in [0.717, 1.165) is 11.6 Å². The predicted molar refractivity (Wildman–Crippen MR) is 105 cm³/mol. The van der Waals surface area contributed by atoms with Crippen molar-refractivity contribution in [2.24, 2.45) is 5.92 Å². The van der Waals surface area contributed by atoms with Crippen LogP contribution in [0.4, 0.5) is 13.2 Å². The largest absolute Gasteiger partial charge is 0.465 e. The van der Waals surface area contributed by atoms with Crippen LogP contribution in [0.25, 0.3) is 21.7 Å². The summed E-state index contributed by atoms with van der Waals surface area (Å²) in [7, 11) is 0. The van der Waals surface area contributed by atoms with Crippen molar-refractivity contribution >= 4 is 33.6 Å². The third-order valence-electron chi connectivity index (χ3n) is 4.69. The molecule has 0 amide bonds. The molecule has 0 saturated carbocycles. The first-order chi connectivity index (χ1) is 14.3. The highest BCUT2D eigenvalue weighted by Crippen LogP contribution is 2.39. The Morgan fingerprint density at radius 1 is 0.967 bits per heavy atom. The topological polar surface area (TPSA) is 65.5 Å². The summed E-state index contributed by atoms with van der Waals surface area (Å²) in [4.78, 5) is 28.7. The number of benzene rings is 2. The third-order valence-corrected chi connectivity index (χ3v) is 4.69. The molecule has 0 N–H and O–H groups in total. The molecule has 1 aromatic heterocycles. The molecule has 0 radical (unpaired) electrons. The molecule has 0 saturated heterocycles. The molecule has 5 nitrogen and oxygen atoms in total. The third kappa shape index (κ3) is 4.22. The highest BCUT2D eigenvalue weighted by atomic mass is 19.4. The van der Waals surface area contributed by atoms with Crippen LogP contribution >= 0.6 is 0 Å². The van der Waals surface area contributed by atoms with Gasteiger partial charge in [-0.3, -0.25) is 14.6 Å². The minimum atomic E-state index is -4.72. The first-order valence-corrected chi connectivity index (χ1v) is 9.47. The zero-order chi connectivity index (χ0) is 21.9. The number of hydrogen-bond donors (Lipinski definition) is 0. The SMILES string of the molecule is CCOC(=O)C(Cc1cnc2c(ccc3ccccc32)c1C(F)(F)F)C(=O)OCC. The Hall–Kier alpha value is -3.16. The molecule has 2 aromatic carbocycles. The van der Waals surface area contributed by atoms with E-state index in [-0.39, 0.29) is 29.7 Å². The van der Waals surface area contributed by atoms with E-state index in [0.29, 0.717) is 5.39 Å². The molecule has 0 fully saturated rings. The van der Waals surface area contributed by atoms with E-state index >= 15 is 0 Å². The second-order valence-corrected chi connectivity index (χ2v) is 6.60. The molecule has 0 aliphatic heterocycles. The number of rotatable bonds is 6. The Bertz CT molecular complexity index is 1080. The summed E-state index contributed by atoms with van der Waals surface area (Å²) >= 11 is 0. The first kappa shape index (κ1) is 21.5. The van der Waals surface area contributed by atoms with Crippen molar-refractivity contribution in [1.82, 2.24) is 4.98 Å². The molecule has 158 valence electrons. The van der Waals surface area contributed by atoms with E-state index in [1.807, 2.05) is 0 Å². The summed E-state index contributed by atoms with van der Waals surface area (Å²) in [6, 6.07) is 9.95. The van der Waals surface area contributed by atoms with Crippen LogP contribution in [0.2, 0.25) is 0 Å². The predicted octanol–water partition coefficient (Wildman–Crippen LogP) is 4.69. The van der Waals surface area contributed by atoms with Gasteiger partial charge in [-0.05, 0) is 31.2 Å². The van der Waals surface area contributed by atoms with Gasteiger partial charge >= 0.3 is 18.1 Å². The quantitative estimate of drug-likeness (QED) is 0.329. The number of carbonyl (C=O) groups is 2. The molecule has 30 heavy (non-hydrogen) atoms. The molecular formula is C22H20F3NO4. The maximum absolute atomic E-state index is 14.1. The van der Waals surface area contributed by atoms with Crippen molar-refractivity contribution in [2.75, 3.05) is 13.2 Å². The van der Waals surface area contributed by atoms with E-state index in [1.54, 1.807) is 44.2 Å². The zero-order valence-corrected chi connectivity index (χ0v) is 16.5. The number of pyridine rings is 1. The molecule has 0 unspecified atom stereocenters. The average molecular weight is 419 g/mol. The molecule has 0 aliphatic rings. The summed E-state index contributed by atoms with van der Waals surface area (Å²) in [5.74, 6) is -3.36. The van der Waals surface area contributed by atoms with Crippen molar-refractivity contribution in [3.63, 3.8) is 0 Å². The van der Waals surface area contributed by atoms with E-state index in [9.17, 15) is 22.8 Å². The number of esters is 2. The van der Waals surface area contributed by atoms with Crippen LogP contribution in [-0.4, -0.2) is 30.1 Å². The lowest BCUT2D eigenvalue weighted by molar-refractivity contribution is -0.162. The van der Waals surface area contributed by atoms with Crippen LogP contribution in [-0.2, 0) is 31.7 Å². The van der Waals surface area contributed by atoms with Crippen LogP contribution in [0.3, 0.4) is 0 Å². The average Bonchev–Trinajstić information content (AvgIpc) is 2.70. The van der Waals surface area contributed by atoms with Crippen molar-refractivity contribution in [1.29, 1.82) is 0 Å². The van der Waals surface area contributed by atoms with Gasteiger partial charge in [-0.25, -0.2) is 0 Å². The monoisotopic (exact) mass is 419 g/mol. The van der Waals surface area contributed by atoms with Crippen LogP contribution in [0.15, 0.2) is 42.6 Å². The maximum Gasteiger partial charge on any atom is 0.417 e. The van der Waals surface area contributed by atoms with Crippen molar-refractivity contribution in [3.8, 4) is 0 Å². The van der Waals surface area contributed by atoms with Gasteiger partial charge in [-0.2, -0.15) is 13.2 Å². The molecule has 1 heterocycles. The van der Waals surface area contributed by atoms with Crippen LogP contribution < -0.4 is 0 Å². The standard InChI is InChI=1S/C22H20F3NO4/c1-3-29-20(27)17(21(28)30-4-2)11-14-12-26-19-15-8-6-5-7-13(15)9-10-16(19)18(14)22(23,24)25/h5-10,12,17H,3-4,11H2,1-2H3. The van der Waals surface area contributed by atoms with Gasteiger partial charge in [-0.15, -0.1) is 0 Å². The maximum atomic E-state index is 14.1. The Kier molecular flexibility index (Phi) is 6.24. The summed E-state index contributed by atoms with van der Waals surface area (Å²) in [6.07, 6.45) is -4.17. The number of fused-ring (bicyclic) bond motifs is 3. The van der Waals surface area contributed by atoms with Crippen molar-refractivity contribution in [2.45, 2.75) is 26.4 Å². The number of alkyl halides is 3. The number of halogens is 3. The van der Waals surface area contributed by atoms with E-state index in [4.69, 9.17) is 9.47 Å². The van der Waals surface area contributed by atoms with Gasteiger partial charge in [0.05, 0.1) is 24.3 Å². The van der Waals surface area contributed by atoms with Gasteiger partial charge in [0.15, 0.2) is 5.92 Å². The molecular weight excluding hydrogens is 399 g/mol. The Morgan fingerprint density at radius 2 is 1.60 bits per heavy atom. The van der Waals surface area contributed by atoms with Gasteiger partial charge < -0.3 is 9.47 Å². The molecule has 0 atom stereocenters. The van der Waals surface area contributed by atoms with Gasteiger partial charge in [0.2, 0.25) is 0 Å². The number of carbonyl (C=O) groups excluding carboxylic acids is 2. The van der Waals surface area contributed by atoms with Crippen molar-refractivity contribution < 1.29 is 32.2 Å². The number of ether oxygens (including phenoxy) is 2. The normalized spacial score (nSPS) is 11.8. The number of hydrogen-bond acceptors (Lipinski definition) is 5. The highest BCUT2D eigenvalue weighted by molar-refractivity contribution is 6.06. The number of nitrogens with zero attached hydrogens (tertiary/aromatic N) is 1. The fraction of sp³-hybridized carbons (Fsp3) is 0.318. The molecule has 0 aliphatic carbocycles. The fourth-order valence-electron chi connectivity index (χ4n) is 3.43. The summed E-state index contributed by atoms with van der Waals surface area (Å²) < 4.78 is 51.9. The zero-order valence-electron chi connectivity index (χ0n) is 16.5. The molecule has 3 rings (SSSR count). The Labute approximate surface area is 170 Å². The van der Waals surface area contributed by atoms with Crippen LogP contribution in [0.5, 0.6) is 0 Å². The first-order valence-electron chi connectivity index (χ1n) is 9.47. The Balaban J connectivity index is 2.18. The van der Waals surface area contributed by atoms with E-state index in [1.165, 1.54) is 6.07 Å². The van der Waals surface area contributed by atoms with Gasteiger partial charge in [-0.1, -0.05) is 36.4 Å².